The topological polar surface area (TPSA) is 85.6 Å². The van der Waals surface area contributed by atoms with E-state index in [1.807, 2.05) is 11.6 Å². The van der Waals surface area contributed by atoms with Crippen LogP contribution < -0.4 is 5.32 Å². The van der Waals surface area contributed by atoms with Gasteiger partial charge in [0, 0.05) is 18.3 Å². The van der Waals surface area contributed by atoms with Crippen LogP contribution in [0.5, 0.6) is 0 Å². The molecule has 0 bridgehead atoms. The zero-order valence-corrected chi connectivity index (χ0v) is 20.3. The van der Waals surface area contributed by atoms with E-state index in [1.54, 1.807) is 0 Å². The third-order valence-corrected chi connectivity index (χ3v) is 7.07. The molecule has 2 heterocycles. The highest BCUT2D eigenvalue weighted by Gasteiger charge is 2.17. The lowest BCUT2D eigenvalue weighted by molar-refractivity contribution is 0.102. The zero-order valence-electron chi connectivity index (χ0n) is 18.7. The highest BCUT2D eigenvalue weighted by Crippen LogP contribution is 2.28. The van der Waals surface area contributed by atoms with Gasteiger partial charge in [0.1, 0.15) is 10.8 Å². The van der Waals surface area contributed by atoms with Crippen molar-refractivity contribution in [2.45, 2.75) is 37.1 Å². The normalized spacial score (nSPS) is 11.5. The van der Waals surface area contributed by atoms with Crippen LogP contribution in [-0.4, -0.2) is 30.9 Å². The summed E-state index contributed by atoms with van der Waals surface area (Å²) in [5.41, 5.74) is 2.85. The van der Waals surface area contributed by atoms with E-state index in [0.717, 1.165) is 16.5 Å². The molecule has 4 rings (SSSR count). The molecule has 2 aromatic carbocycles. The molecule has 0 atom stereocenters. The first-order valence-electron chi connectivity index (χ1n) is 10.2. The van der Waals surface area contributed by atoms with Crippen molar-refractivity contribution in [3.63, 3.8) is 0 Å². The molecule has 33 heavy (non-hydrogen) atoms. The van der Waals surface area contributed by atoms with Crippen LogP contribution in [0, 0.1) is 5.82 Å². The van der Waals surface area contributed by atoms with Gasteiger partial charge >= 0.3 is 0 Å². The lowest BCUT2D eigenvalue weighted by Crippen LogP contribution is -2.11. The Kier molecular flexibility index (Phi) is 6.57. The van der Waals surface area contributed by atoms with Gasteiger partial charge in [0.25, 0.3) is 5.91 Å². The second-order valence-corrected chi connectivity index (χ2v) is 10.4. The largest absolute Gasteiger partial charge is 0.320 e. The lowest BCUT2D eigenvalue weighted by Gasteiger charge is -2.19. The molecule has 0 radical (unpaired) electrons. The molecule has 1 amide bonds. The summed E-state index contributed by atoms with van der Waals surface area (Å²) in [5, 5.41) is 21.1. The van der Waals surface area contributed by atoms with Gasteiger partial charge in [0.15, 0.2) is 11.0 Å². The van der Waals surface area contributed by atoms with Crippen molar-refractivity contribution < 1.29 is 9.18 Å². The molecule has 170 valence electrons. The number of carbonyl (C=O) groups excluding carboxylic acids is 1. The van der Waals surface area contributed by atoms with E-state index in [9.17, 15) is 9.18 Å². The van der Waals surface area contributed by atoms with Crippen LogP contribution in [-0.2, 0) is 18.2 Å². The molecule has 4 aromatic rings. The van der Waals surface area contributed by atoms with Crippen molar-refractivity contribution in [3.05, 3.63) is 69.9 Å². The summed E-state index contributed by atoms with van der Waals surface area (Å²) in [6, 6.07) is 13.9. The van der Waals surface area contributed by atoms with Crippen LogP contribution in [0.3, 0.4) is 0 Å². The summed E-state index contributed by atoms with van der Waals surface area (Å²) < 4.78 is 15.0. The number of amides is 1. The molecule has 2 aromatic heterocycles. The quantitative estimate of drug-likeness (QED) is 0.375. The van der Waals surface area contributed by atoms with Gasteiger partial charge < -0.3 is 9.88 Å². The predicted molar refractivity (Wildman–Crippen MR) is 129 cm³/mol. The number of nitrogens with one attached hydrogen (secondary N) is 1. The molecule has 1 N–H and O–H groups in total. The first kappa shape index (κ1) is 23.1. The van der Waals surface area contributed by atoms with Gasteiger partial charge in [-0.1, -0.05) is 68.1 Å². The van der Waals surface area contributed by atoms with Gasteiger partial charge in [-0.3, -0.25) is 4.79 Å². The third kappa shape index (κ3) is 5.45. The van der Waals surface area contributed by atoms with E-state index in [0.29, 0.717) is 16.4 Å². The van der Waals surface area contributed by atoms with Crippen molar-refractivity contribution >= 4 is 34.7 Å². The maximum atomic E-state index is 13.0. The Hall–Kier alpha value is -3.11. The Morgan fingerprint density at radius 3 is 2.39 bits per heavy atom. The number of halogens is 1. The van der Waals surface area contributed by atoms with Crippen LogP contribution in [0.2, 0.25) is 0 Å². The number of aromatic nitrogens is 5. The van der Waals surface area contributed by atoms with Crippen LogP contribution in [0.15, 0.2) is 53.7 Å². The molecule has 0 aliphatic carbocycles. The van der Waals surface area contributed by atoms with Gasteiger partial charge in [0.05, 0.1) is 5.75 Å². The van der Waals surface area contributed by atoms with Gasteiger partial charge in [0.2, 0.25) is 5.01 Å². The molecular formula is C23H23FN6OS2. The fraction of sp³-hybridized carbons (Fsp3) is 0.261. The number of thioether (sulfide) groups is 1. The Balaban J connectivity index is 1.39. The van der Waals surface area contributed by atoms with Crippen molar-refractivity contribution in [1.29, 1.82) is 0 Å². The number of anilines is 1. The van der Waals surface area contributed by atoms with E-state index in [1.165, 1.54) is 52.9 Å². The summed E-state index contributed by atoms with van der Waals surface area (Å²) in [7, 11) is 1.93. The van der Waals surface area contributed by atoms with Crippen LogP contribution >= 0.6 is 23.1 Å². The lowest BCUT2D eigenvalue weighted by atomic mass is 9.87. The molecule has 0 saturated carbocycles. The first-order valence-corrected chi connectivity index (χ1v) is 12.0. The minimum absolute atomic E-state index is 0.0932. The average molecular weight is 483 g/mol. The summed E-state index contributed by atoms with van der Waals surface area (Å²) in [5.74, 6) is 0.554. The molecule has 0 fully saturated rings. The first-order chi connectivity index (χ1) is 15.7. The minimum atomic E-state index is -0.380. The Morgan fingerprint density at radius 2 is 1.73 bits per heavy atom. The molecule has 0 aliphatic heterocycles. The number of rotatable bonds is 6. The summed E-state index contributed by atoms with van der Waals surface area (Å²) in [6.45, 7) is 6.55. The third-order valence-electron chi connectivity index (χ3n) is 4.93. The van der Waals surface area contributed by atoms with Gasteiger partial charge in [-0.25, -0.2) is 4.39 Å². The number of hydrogen-bond donors (Lipinski definition) is 1. The number of benzene rings is 2. The van der Waals surface area contributed by atoms with Crippen molar-refractivity contribution in [3.8, 4) is 11.4 Å². The zero-order chi connectivity index (χ0) is 23.6. The molecule has 10 heteroatoms. The fourth-order valence-corrected chi connectivity index (χ4v) is 4.69. The highest BCUT2D eigenvalue weighted by molar-refractivity contribution is 7.98. The van der Waals surface area contributed by atoms with Gasteiger partial charge in [-0.05, 0) is 35.2 Å². The van der Waals surface area contributed by atoms with Crippen molar-refractivity contribution in [1.82, 2.24) is 25.0 Å². The molecule has 0 unspecified atom stereocenters. The monoisotopic (exact) mass is 482 g/mol. The highest BCUT2D eigenvalue weighted by atomic mass is 32.2. The predicted octanol–water partition coefficient (Wildman–Crippen LogP) is 5.31. The SMILES string of the molecule is Cn1c(SCc2nnc(C(=O)Nc3ccc(F)cc3)s2)nnc1-c1ccc(C(C)(C)C)cc1. The maximum Gasteiger partial charge on any atom is 0.286 e. The van der Waals surface area contributed by atoms with E-state index in [4.69, 9.17) is 0 Å². The minimum Gasteiger partial charge on any atom is -0.320 e. The van der Waals surface area contributed by atoms with Crippen LogP contribution in [0.4, 0.5) is 10.1 Å². The molecule has 0 spiro atoms. The van der Waals surface area contributed by atoms with Crippen molar-refractivity contribution in [2.75, 3.05) is 5.32 Å². The number of hydrogen-bond acceptors (Lipinski definition) is 7. The van der Waals surface area contributed by atoms with Crippen LogP contribution in [0.25, 0.3) is 11.4 Å². The second-order valence-electron chi connectivity index (χ2n) is 8.44. The van der Waals surface area contributed by atoms with E-state index < -0.39 is 0 Å². The summed E-state index contributed by atoms with van der Waals surface area (Å²) in [6.07, 6.45) is 0. The Labute approximate surface area is 199 Å². The second kappa shape index (κ2) is 9.40. The summed E-state index contributed by atoms with van der Waals surface area (Å²) >= 11 is 2.69. The average Bonchev–Trinajstić information content (AvgIpc) is 3.40. The number of nitrogens with zero attached hydrogens (tertiary/aromatic N) is 5. The van der Waals surface area contributed by atoms with E-state index in [-0.39, 0.29) is 22.1 Å². The Bertz CT molecular complexity index is 1260. The standard InChI is InChI=1S/C23H23FN6OS2/c1-23(2,3)15-7-5-14(6-8-15)19-27-29-22(30(19)4)32-13-18-26-28-21(33-18)20(31)25-17-11-9-16(24)10-12-17/h5-12H,13H2,1-4H3,(H,25,31). The van der Waals surface area contributed by atoms with E-state index >= 15 is 0 Å². The fourth-order valence-electron chi connectivity index (χ4n) is 3.06. The van der Waals surface area contributed by atoms with Gasteiger partial charge in [-0.2, -0.15) is 0 Å². The van der Waals surface area contributed by atoms with Crippen LogP contribution in [0.1, 0.15) is 41.1 Å². The van der Waals surface area contributed by atoms with Crippen molar-refractivity contribution in [2.24, 2.45) is 7.05 Å². The van der Waals surface area contributed by atoms with E-state index in [2.05, 4.69) is 70.7 Å². The molecular weight excluding hydrogens is 459 g/mol. The molecule has 0 saturated heterocycles. The summed E-state index contributed by atoms with van der Waals surface area (Å²) in [4.78, 5) is 12.4. The molecule has 0 aliphatic rings. The maximum absolute atomic E-state index is 13.0. The molecule has 7 nitrogen and oxygen atoms in total. The Morgan fingerprint density at radius 1 is 1.03 bits per heavy atom. The smallest absolute Gasteiger partial charge is 0.286 e. The number of carbonyl (C=O) groups is 1. The van der Waals surface area contributed by atoms with Gasteiger partial charge in [-0.15, -0.1) is 20.4 Å².